The summed E-state index contributed by atoms with van der Waals surface area (Å²) in [6.07, 6.45) is 5.81. The fraction of sp³-hybridized carbons (Fsp3) is 0.591. The first-order valence-corrected chi connectivity index (χ1v) is 10.4. The van der Waals surface area contributed by atoms with Crippen molar-refractivity contribution in [2.75, 3.05) is 19.6 Å². The summed E-state index contributed by atoms with van der Waals surface area (Å²) in [7, 11) is 0. The van der Waals surface area contributed by atoms with Crippen LogP contribution in [0, 0.1) is 17.8 Å². The molecule has 0 spiro atoms. The van der Waals surface area contributed by atoms with Crippen LogP contribution in [0.5, 0.6) is 0 Å². The van der Waals surface area contributed by atoms with E-state index in [9.17, 15) is 19.5 Å². The Labute approximate surface area is 166 Å². The summed E-state index contributed by atoms with van der Waals surface area (Å²) in [5.74, 6) is -2.26. The van der Waals surface area contributed by atoms with Crippen LogP contribution in [-0.4, -0.2) is 47.4 Å². The van der Waals surface area contributed by atoms with Crippen LogP contribution in [0.25, 0.3) is 0 Å². The summed E-state index contributed by atoms with van der Waals surface area (Å²) in [5, 5.41) is 12.4. The Hall–Kier alpha value is -2.37. The number of carbonyl (C=O) groups excluding carboxylic acids is 2. The number of carboxylic acids is 1. The highest BCUT2D eigenvalue weighted by Crippen LogP contribution is 2.32. The molecule has 1 aromatic carbocycles. The molecule has 1 aliphatic heterocycles. The second kappa shape index (κ2) is 9.71. The number of nitrogens with one attached hydrogen (secondary N) is 1. The molecule has 0 bridgehead atoms. The minimum absolute atomic E-state index is 0.0875. The molecule has 3 atom stereocenters. The topological polar surface area (TPSA) is 86.7 Å². The number of hydrogen-bond donors (Lipinski definition) is 2. The second-order valence-corrected chi connectivity index (χ2v) is 8.00. The number of likely N-dealkylation sites (tertiary alicyclic amines) is 1. The molecule has 2 amide bonds. The molecular formula is C22H30N2O4. The van der Waals surface area contributed by atoms with Gasteiger partial charge in [-0.2, -0.15) is 0 Å². The zero-order valence-corrected chi connectivity index (χ0v) is 16.3. The highest BCUT2D eigenvalue weighted by atomic mass is 16.4. The monoisotopic (exact) mass is 386 g/mol. The third-order valence-electron chi connectivity index (χ3n) is 6.03. The molecule has 2 aliphatic rings. The van der Waals surface area contributed by atoms with Crippen LogP contribution in [0.15, 0.2) is 30.3 Å². The molecule has 3 rings (SSSR count). The number of aliphatic carboxylic acids is 1. The normalized spacial score (nSPS) is 23.2. The van der Waals surface area contributed by atoms with Crippen molar-refractivity contribution < 1.29 is 19.5 Å². The Morgan fingerprint density at radius 2 is 1.64 bits per heavy atom. The SMILES string of the molecule is O=C(O)C(CNC(=O)C1CCCCC1C(=O)N1CCCC1)Cc1ccccc1. The summed E-state index contributed by atoms with van der Waals surface area (Å²) in [4.78, 5) is 39.2. The summed E-state index contributed by atoms with van der Waals surface area (Å²) in [6, 6.07) is 9.43. The first-order valence-electron chi connectivity index (χ1n) is 10.4. The van der Waals surface area contributed by atoms with E-state index in [1.54, 1.807) is 0 Å². The van der Waals surface area contributed by atoms with Gasteiger partial charge in [0.2, 0.25) is 11.8 Å². The lowest BCUT2D eigenvalue weighted by Gasteiger charge is -2.32. The van der Waals surface area contributed by atoms with Gasteiger partial charge in [0.05, 0.1) is 5.92 Å². The van der Waals surface area contributed by atoms with Crippen LogP contribution in [0.3, 0.4) is 0 Å². The highest BCUT2D eigenvalue weighted by molar-refractivity contribution is 5.88. The minimum Gasteiger partial charge on any atom is -0.481 e. The first kappa shape index (κ1) is 20.4. The smallest absolute Gasteiger partial charge is 0.308 e. The third-order valence-corrected chi connectivity index (χ3v) is 6.03. The number of rotatable bonds is 7. The summed E-state index contributed by atoms with van der Waals surface area (Å²) in [5.41, 5.74) is 0.934. The molecule has 1 saturated carbocycles. The number of hydrogen-bond acceptors (Lipinski definition) is 3. The van der Waals surface area contributed by atoms with Crippen molar-refractivity contribution in [3.8, 4) is 0 Å². The van der Waals surface area contributed by atoms with Gasteiger partial charge in [-0.05, 0) is 37.7 Å². The van der Waals surface area contributed by atoms with Crippen LogP contribution in [0.4, 0.5) is 0 Å². The fourth-order valence-corrected chi connectivity index (χ4v) is 4.41. The molecule has 28 heavy (non-hydrogen) atoms. The van der Waals surface area contributed by atoms with Crippen LogP contribution < -0.4 is 5.32 Å². The van der Waals surface area contributed by atoms with Crippen LogP contribution in [0.2, 0.25) is 0 Å². The van der Waals surface area contributed by atoms with Crippen LogP contribution in [-0.2, 0) is 20.8 Å². The molecule has 6 nitrogen and oxygen atoms in total. The number of amides is 2. The Morgan fingerprint density at radius 3 is 2.29 bits per heavy atom. The summed E-state index contributed by atoms with van der Waals surface area (Å²) < 4.78 is 0. The summed E-state index contributed by atoms with van der Waals surface area (Å²) >= 11 is 0. The van der Waals surface area contributed by atoms with Crippen LogP contribution in [0.1, 0.15) is 44.1 Å². The maximum absolute atomic E-state index is 12.9. The van der Waals surface area contributed by atoms with Gasteiger partial charge in [0.25, 0.3) is 0 Å². The van der Waals surface area contributed by atoms with E-state index >= 15 is 0 Å². The average molecular weight is 386 g/mol. The zero-order valence-electron chi connectivity index (χ0n) is 16.3. The van der Waals surface area contributed by atoms with E-state index in [0.717, 1.165) is 50.8 Å². The second-order valence-electron chi connectivity index (χ2n) is 8.00. The van der Waals surface area contributed by atoms with Gasteiger partial charge in [-0.25, -0.2) is 0 Å². The summed E-state index contributed by atoms with van der Waals surface area (Å²) in [6.45, 7) is 1.67. The van der Waals surface area contributed by atoms with Gasteiger partial charge in [0.15, 0.2) is 0 Å². The lowest BCUT2D eigenvalue weighted by Crippen LogP contribution is -2.46. The average Bonchev–Trinajstić information content (AvgIpc) is 3.25. The Balaban J connectivity index is 1.59. The lowest BCUT2D eigenvalue weighted by molar-refractivity contribution is -0.144. The quantitative estimate of drug-likeness (QED) is 0.754. The fourth-order valence-electron chi connectivity index (χ4n) is 4.41. The standard InChI is InChI=1S/C22H30N2O4/c25-20(23-15-17(22(27)28)14-16-8-2-1-3-9-16)18-10-4-5-11-19(18)21(26)24-12-6-7-13-24/h1-3,8-9,17-19H,4-7,10-15H2,(H,23,25)(H,27,28). The molecule has 1 aliphatic carbocycles. The van der Waals surface area contributed by atoms with Gasteiger partial charge in [-0.15, -0.1) is 0 Å². The molecule has 152 valence electrons. The number of benzene rings is 1. The van der Waals surface area contributed by atoms with E-state index in [-0.39, 0.29) is 30.2 Å². The predicted molar refractivity (Wildman–Crippen MR) is 106 cm³/mol. The van der Waals surface area contributed by atoms with Gasteiger partial charge in [0, 0.05) is 31.5 Å². The highest BCUT2D eigenvalue weighted by Gasteiger charge is 2.38. The molecule has 3 unspecified atom stereocenters. The van der Waals surface area contributed by atoms with Crippen molar-refractivity contribution in [2.24, 2.45) is 17.8 Å². The van der Waals surface area contributed by atoms with Crippen molar-refractivity contribution in [1.82, 2.24) is 10.2 Å². The molecular weight excluding hydrogens is 356 g/mol. The molecule has 1 saturated heterocycles. The number of nitrogens with zero attached hydrogens (tertiary/aromatic N) is 1. The zero-order chi connectivity index (χ0) is 19.9. The van der Waals surface area contributed by atoms with E-state index < -0.39 is 11.9 Å². The minimum atomic E-state index is -0.919. The predicted octanol–water partition coefficient (Wildman–Crippen LogP) is 2.47. The van der Waals surface area contributed by atoms with Crippen molar-refractivity contribution in [2.45, 2.75) is 44.9 Å². The lowest BCUT2D eigenvalue weighted by atomic mass is 9.77. The Bertz CT molecular complexity index is 685. The maximum Gasteiger partial charge on any atom is 0.308 e. The van der Waals surface area contributed by atoms with Crippen molar-refractivity contribution in [1.29, 1.82) is 0 Å². The van der Waals surface area contributed by atoms with Gasteiger partial charge < -0.3 is 15.3 Å². The number of carboxylic acid groups (broad SMARTS) is 1. The van der Waals surface area contributed by atoms with Gasteiger partial charge >= 0.3 is 5.97 Å². The van der Waals surface area contributed by atoms with E-state index in [2.05, 4.69) is 5.32 Å². The van der Waals surface area contributed by atoms with Crippen LogP contribution >= 0.6 is 0 Å². The molecule has 6 heteroatoms. The first-order chi connectivity index (χ1) is 13.6. The van der Waals surface area contributed by atoms with E-state index in [0.29, 0.717) is 12.8 Å². The van der Waals surface area contributed by atoms with Crippen molar-refractivity contribution in [3.63, 3.8) is 0 Å². The molecule has 1 heterocycles. The van der Waals surface area contributed by atoms with Crippen molar-refractivity contribution in [3.05, 3.63) is 35.9 Å². The Kier molecular flexibility index (Phi) is 7.06. The molecule has 2 fully saturated rings. The van der Waals surface area contributed by atoms with Gasteiger partial charge in [-0.3, -0.25) is 14.4 Å². The van der Waals surface area contributed by atoms with Crippen molar-refractivity contribution >= 4 is 17.8 Å². The van der Waals surface area contributed by atoms with Gasteiger partial charge in [-0.1, -0.05) is 43.2 Å². The molecule has 0 aromatic heterocycles. The molecule has 1 aromatic rings. The van der Waals surface area contributed by atoms with Gasteiger partial charge in [0.1, 0.15) is 0 Å². The van der Waals surface area contributed by atoms with E-state index in [1.165, 1.54) is 0 Å². The third kappa shape index (κ3) is 5.12. The molecule has 0 radical (unpaired) electrons. The largest absolute Gasteiger partial charge is 0.481 e. The maximum atomic E-state index is 12.9. The number of carbonyl (C=O) groups is 3. The molecule has 2 N–H and O–H groups in total. The van der Waals surface area contributed by atoms with E-state index in [1.807, 2.05) is 35.2 Å². The Morgan fingerprint density at radius 1 is 1.00 bits per heavy atom. The van der Waals surface area contributed by atoms with E-state index in [4.69, 9.17) is 0 Å².